The van der Waals surface area contributed by atoms with E-state index < -0.39 is 0 Å². The van der Waals surface area contributed by atoms with E-state index in [1.165, 1.54) is 42.8 Å². The van der Waals surface area contributed by atoms with E-state index in [4.69, 9.17) is 9.84 Å². The molecular weight excluding hydrogens is 460 g/mol. The number of fused-ring (bicyclic) bond motifs is 5. The van der Waals surface area contributed by atoms with Gasteiger partial charge in [0.1, 0.15) is 6.10 Å². The van der Waals surface area contributed by atoms with Gasteiger partial charge in [-0.15, -0.1) is 0 Å². The van der Waals surface area contributed by atoms with Gasteiger partial charge in [-0.1, -0.05) is 30.9 Å². The van der Waals surface area contributed by atoms with Crippen molar-refractivity contribution in [3.63, 3.8) is 0 Å². The summed E-state index contributed by atoms with van der Waals surface area (Å²) in [7, 11) is 4.07. The van der Waals surface area contributed by atoms with Crippen LogP contribution in [-0.2, 0) is 20.1 Å². The van der Waals surface area contributed by atoms with Gasteiger partial charge < -0.3 is 9.64 Å². The summed E-state index contributed by atoms with van der Waals surface area (Å²) in [5.41, 5.74) is 8.89. The second-order valence-electron chi connectivity index (χ2n) is 10.7. The molecule has 37 heavy (non-hydrogen) atoms. The fourth-order valence-electron chi connectivity index (χ4n) is 5.58. The van der Waals surface area contributed by atoms with Crippen LogP contribution in [0.2, 0.25) is 0 Å². The molecule has 5 rings (SSSR count). The van der Waals surface area contributed by atoms with Crippen LogP contribution >= 0.6 is 0 Å². The fourth-order valence-corrected chi connectivity index (χ4v) is 5.58. The Bertz CT molecular complexity index is 1310. The van der Waals surface area contributed by atoms with Gasteiger partial charge in [0.2, 0.25) is 5.88 Å². The Balaban J connectivity index is 1.53. The van der Waals surface area contributed by atoms with Crippen molar-refractivity contribution in [2.75, 3.05) is 33.2 Å². The normalized spacial score (nSPS) is 20.1. The monoisotopic (exact) mass is 500 g/mol. The van der Waals surface area contributed by atoms with Crippen molar-refractivity contribution < 1.29 is 4.74 Å². The molecular formula is C30H40N6O. The van der Waals surface area contributed by atoms with Gasteiger partial charge in [0.25, 0.3) is 0 Å². The maximum absolute atomic E-state index is 6.47. The summed E-state index contributed by atoms with van der Waals surface area (Å²) in [6.07, 6.45) is 8.86. The van der Waals surface area contributed by atoms with Crippen molar-refractivity contribution in [2.45, 2.75) is 52.8 Å². The van der Waals surface area contributed by atoms with E-state index in [0.717, 1.165) is 60.0 Å². The molecule has 1 atom stereocenters. The Morgan fingerprint density at radius 2 is 1.84 bits per heavy atom. The summed E-state index contributed by atoms with van der Waals surface area (Å²) in [4.78, 5) is 4.84. The van der Waals surface area contributed by atoms with E-state index in [0.29, 0.717) is 0 Å². The number of aromatic nitrogens is 4. The maximum atomic E-state index is 6.47. The van der Waals surface area contributed by atoms with E-state index in [1.807, 2.05) is 17.9 Å². The van der Waals surface area contributed by atoms with Gasteiger partial charge in [0, 0.05) is 37.9 Å². The van der Waals surface area contributed by atoms with Crippen LogP contribution in [0.4, 0.5) is 0 Å². The molecule has 3 aromatic rings. The van der Waals surface area contributed by atoms with Crippen LogP contribution in [0.5, 0.6) is 5.88 Å². The minimum atomic E-state index is -0.0125. The third kappa shape index (κ3) is 5.43. The van der Waals surface area contributed by atoms with Gasteiger partial charge in [-0.25, -0.2) is 4.68 Å². The number of hydrogen-bond acceptors (Lipinski definition) is 5. The van der Waals surface area contributed by atoms with Crippen molar-refractivity contribution in [2.24, 2.45) is 7.05 Å². The van der Waals surface area contributed by atoms with E-state index >= 15 is 0 Å². The lowest BCUT2D eigenvalue weighted by atomic mass is 9.96. The topological polar surface area (TPSA) is 51.4 Å². The van der Waals surface area contributed by atoms with Crippen LogP contribution in [-0.4, -0.2) is 68.7 Å². The molecule has 1 aromatic carbocycles. The second-order valence-corrected chi connectivity index (χ2v) is 10.7. The lowest BCUT2D eigenvalue weighted by Gasteiger charge is -2.22. The molecule has 0 N–H and O–H groups in total. The van der Waals surface area contributed by atoms with Crippen LogP contribution in [0.15, 0.2) is 37.1 Å². The molecule has 7 nitrogen and oxygen atoms in total. The van der Waals surface area contributed by atoms with Gasteiger partial charge in [0.05, 0.1) is 24.0 Å². The van der Waals surface area contributed by atoms with Crippen LogP contribution in [0.3, 0.4) is 0 Å². The van der Waals surface area contributed by atoms with Crippen LogP contribution < -0.4 is 4.74 Å². The number of rotatable bonds is 3. The first-order chi connectivity index (χ1) is 17.8. The van der Waals surface area contributed by atoms with Crippen LogP contribution in [0, 0.1) is 13.8 Å². The van der Waals surface area contributed by atoms with E-state index in [2.05, 4.69) is 84.3 Å². The first-order valence-corrected chi connectivity index (χ1v) is 13.4. The Hall–Kier alpha value is -3.16. The SMILES string of the molecule is C=C1/C=C/c2c(nn(CCN3CCCC3)c2C)CN(C)C[C@@H](C)Oc2c(cnn2C)-c2ccc(C)c1c2. The molecule has 0 amide bonds. The highest BCUT2D eigenvalue weighted by atomic mass is 16.5. The molecule has 1 fully saturated rings. The minimum absolute atomic E-state index is 0.0125. The van der Waals surface area contributed by atoms with E-state index in [-0.39, 0.29) is 6.10 Å². The van der Waals surface area contributed by atoms with Crippen molar-refractivity contribution in [1.82, 2.24) is 29.4 Å². The molecule has 2 aliphatic rings. The smallest absolute Gasteiger partial charge is 0.219 e. The van der Waals surface area contributed by atoms with E-state index in [1.54, 1.807) is 0 Å². The van der Waals surface area contributed by atoms with Gasteiger partial charge in [-0.3, -0.25) is 9.58 Å². The third-order valence-electron chi connectivity index (χ3n) is 7.69. The molecule has 0 spiro atoms. The second kappa shape index (κ2) is 10.7. The maximum Gasteiger partial charge on any atom is 0.219 e. The molecule has 0 saturated carbocycles. The predicted molar refractivity (Wildman–Crippen MR) is 151 cm³/mol. The summed E-state index contributed by atoms with van der Waals surface area (Å²) in [5, 5.41) is 9.60. The van der Waals surface area contributed by atoms with Crippen molar-refractivity contribution in [3.05, 3.63) is 65.1 Å². The lowest BCUT2D eigenvalue weighted by Crippen LogP contribution is -2.31. The minimum Gasteiger partial charge on any atom is -0.473 e. The van der Waals surface area contributed by atoms with E-state index in [9.17, 15) is 0 Å². The van der Waals surface area contributed by atoms with Crippen molar-refractivity contribution in [1.29, 1.82) is 0 Å². The highest BCUT2D eigenvalue weighted by Gasteiger charge is 2.21. The number of likely N-dealkylation sites (N-methyl/N-ethyl adjacent to an activating group) is 1. The third-order valence-corrected chi connectivity index (χ3v) is 7.69. The largest absolute Gasteiger partial charge is 0.473 e. The number of likely N-dealkylation sites (tertiary alicyclic amines) is 1. The standard InChI is InChI=1S/C30H40N6O/c1-21-9-11-25-17-27(21)22(2)10-12-26-24(4)36(16-15-35-13-7-8-14-35)32-29(26)20-33(5)19-23(3)37-30-28(25)18-31-34(30)6/h9-12,17-18,23H,2,7-8,13-16,19-20H2,1,3-6H3/b12-10+/t23-/m1/s1. The average molecular weight is 501 g/mol. The summed E-state index contributed by atoms with van der Waals surface area (Å²) in [6, 6.07) is 6.50. The molecule has 196 valence electrons. The number of benzene rings is 1. The fraction of sp³-hybridized carbons (Fsp3) is 0.467. The number of ether oxygens (including phenoxy) is 1. The highest BCUT2D eigenvalue weighted by molar-refractivity contribution is 5.82. The number of allylic oxidation sites excluding steroid dienone is 2. The molecule has 7 heteroatoms. The Kier molecular flexibility index (Phi) is 7.36. The van der Waals surface area contributed by atoms with Crippen molar-refractivity contribution >= 4 is 11.6 Å². The Labute approximate surface area is 221 Å². The molecule has 2 bridgehead atoms. The summed E-state index contributed by atoms with van der Waals surface area (Å²) in [5.74, 6) is 0.787. The summed E-state index contributed by atoms with van der Waals surface area (Å²) in [6.45, 7) is 16.8. The van der Waals surface area contributed by atoms with Gasteiger partial charge in [-0.05, 0) is 82.1 Å². The quantitative estimate of drug-likeness (QED) is 0.510. The predicted octanol–water partition coefficient (Wildman–Crippen LogP) is 4.94. The zero-order chi connectivity index (χ0) is 26.1. The number of nitrogens with zero attached hydrogens (tertiary/aromatic N) is 6. The molecule has 4 heterocycles. The summed E-state index contributed by atoms with van der Waals surface area (Å²) >= 11 is 0. The Morgan fingerprint density at radius 1 is 1.05 bits per heavy atom. The molecule has 0 unspecified atom stereocenters. The molecule has 0 aliphatic carbocycles. The zero-order valence-electron chi connectivity index (χ0n) is 23.0. The number of hydrogen-bond donors (Lipinski definition) is 0. The zero-order valence-corrected chi connectivity index (χ0v) is 23.0. The molecule has 2 aromatic heterocycles. The van der Waals surface area contributed by atoms with Gasteiger partial charge in [0.15, 0.2) is 0 Å². The first-order valence-electron chi connectivity index (χ1n) is 13.4. The lowest BCUT2D eigenvalue weighted by molar-refractivity contribution is 0.148. The average Bonchev–Trinajstić information content (AvgIpc) is 3.57. The van der Waals surface area contributed by atoms with Gasteiger partial charge in [-0.2, -0.15) is 10.2 Å². The van der Waals surface area contributed by atoms with Crippen LogP contribution in [0.1, 0.15) is 47.8 Å². The Morgan fingerprint density at radius 3 is 2.62 bits per heavy atom. The van der Waals surface area contributed by atoms with Gasteiger partial charge >= 0.3 is 0 Å². The molecule has 2 aliphatic heterocycles. The first kappa shape index (κ1) is 25.5. The summed E-state index contributed by atoms with van der Waals surface area (Å²) < 4.78 is 10.5. The number of aryl methyl sites for hydroxylation is 2. The molecule has 0 radical (unpaired) electrons. The highest BCUT2D eigenvalue weighted by Crippen LogP contribution is 2.34. The molecule has 1 saturated heterocycles. The van der Waals surface area contributed by atoms with Crippen LogP contribution in [0.25, 0.3) is 22.8 Å². The van der Waals surface area contributed by atoms with Crippen molar-refractivity contribution in [3.8, 4) is 17.0 Å².